The third-order valence-corrected chi connectivity index (χ3v) is 9.06. The molecule has 0 bridgehead atoms. The molecule has 1 N–H and O–H groups in total. The van der Waals surface area contributed by atoms with E-state index in [-0.39, 0.29) is 23.8 Å². The van der Waals surface area contributed by atoms with Gasteiger partial charge in [0.25, 0.3) is 0 Å². The number of esters is 1. The number of para-hydroxylation sites is 1. The SMILES string of the molecule is CCOC(=O)CSc1cnc(NC(=O)N(C2CCCCC2)C2CCC(COc3ccccc3)CC2)s1. The van der Waals surface area contributed by atoms with Crippen LogP contribution in [0.3, 0.4) is 0 Å². The molecule has 2 aliphatic rings. The van der Waals surface area contributed by atoms with E-state index in [2.05, 4.69) is 15.2 Å². The monoisotopic (exact) mass is 531 g/mol. The summed E-state index contributed by atoms with van der Waals surface area (Å²) in [6.07, 6.45) is 11.6. The number of carbonyl (C=O) groups is 2. The molecule has 2 aliphatic carbocycles. The number of amides is 2. The van der Waals surface area contributed by atoms with Crippen molar-refractivity contribution in [1.29, 1.82) is 0 Å². The fourth-order valence-electron chi connectivity index (χ4n) is 5.18. The van der Waals surface area contributed by atoms with E-state index >= 15 is 0 Å². The first-order valence-corrected chi connectivity index (χ1v) is 14.9. The first-order valence-electron chi connectivity index (χ1n) is 13.1. The van der Waals surface area contributed by atoms with E-state index in [0.717, 1.165) is 55.1 Å². The van der Waals surface area contributed by atoms with E-state index in [1.165, 1.54) is 42.4 Å². The zero-order valence-electron chi connectivity index (χ0n) is 21.0. The van der Waals surface area contributed by atoms with Gasteiger partial charge in [0.05, 0.1) is 29.4 Å². The van der Waals surface area contributed by atoms with Gasteiger partial charge in [-0.15, -0.1) is 11.8 Å². The summed E-state index contributed by atoms with van der Waals surface area (Å²) in [5.74, 6) is 1.45. The number of nitrogens with one attached hydrogen (secondary N) is 1. The van der Waals surface area contributed by atoms with Crippen LogP contribution in [-0.2, 0) is 9.53 Å². The highest BCUT2D eigenvalue weighted by Gasteiger charge is 2.34. The molecular formula is C27H37N3O4S2. The van der Waals surface area contributed by atoms with Gasteiger partial charge < -0.3 is 14.4 Å². The molecule has 0 unspecified atom stereocenters. The lowest BCUT2D eigenvalue weighted by molar-refractivity contribution is -0.139. The first-order chi connectivity index (χ1) is 17.6. The second-order valence-electron chi connectivity index (χ2n) is 9.51. The molecule has 2 aromatic rings. The predicted octanol–water partition coefficient (Wildman–Crippen LogP) is 6.60. The standard InChI is InChI=1S/C27H37N3O4S2/c1-2-33-24(31)19-35-25-17-28-26(36-25)29-27(32)30(21-9-5-3-6-10-21)22-15-13-20(14-16-22)18-34-23-11-7-4-8-12-23/h4,7-8,11-12,17,20-22H,2-3,5-6,9-10,13-16,18-19H2,1H3,(H,28,29,32). The molecule has 1 aromatic heterocycles. The summed E-state index contributed by atoms with van der Waals surface area (Å²) in [5, 5.41) is 3.65. The molecule has 1 heterocycles. The van der Waals surface area contributed by atoms with Crippen molar-refractivity contribution >= 4 is 40.2 Å². The van der Waals surface area contributed by atoms with E-state index in [1.54, 1.807) is 13.1 Å². The molecule has 7 nitrogen and oxygen atoms in total. The van der Waals surface area contributed by atoms with Crippen LogP contribution in [0.5, 0.6) is 5.75 Å². The summed E-state index contributed by atoms with van der Waals surface area (Å²) in [7, 11) is 0. The van der Waals surface area contributed by atoms with Crippen LogP contribution in [0.2, 0.25) is 0 Å². The summed E-state index contributed by atoms with van der Waals surface area (Å²) < 4.78 is 11.9. The van der Waals surface area contributed by atoms with Crippen LogP contribution in [-0.4, -0.2) is 52.9 Å². The molecule has 0 atom stereocenters. The second-order valence-corrected chi connectivity index (χ2v) is 11.8. The third kappa shape index (κ3) is 7.87. The van der Waals surface area contributed by atoms with Crippen molar-refractivity contribution in [3.05, 3.63) is 36.5 Å². The highest BCUT2D eigenvalue weighted by atomic mass is 32.2. The van der Waals surface area contributed by atoms with Gasteiger partial charge in [-0.05, 0) is 63.5 Å². The average molecular weight is 532 g/mol. The lowest BCUT2D eigenvalue weighted by Gasteiger charge is -2.42. The minimum atomic E-state index is -0.241. The highest BCUT2D eigenvalue weighted by molar-refractivity contribution is 8.01. The number of thiazole rings is 1. The van der Waals surface area contributed by atoms with Gasteiger partial charge in [0.2, 0.25) is 0 Å². The molecule has 2 saturated carbocycles. The number of benzene rings is 1. The van der Waals surface area contributed by atoms with Crippen LogP contribution in [0.15, 0.2) is 40.7 Å². The molecule has 0 spiro atoms. The van der Waals surface area contributed by atoms with E-state index in [0.29, 0.717) is 23.7 Å². The lowest BCUT2D eigenvalue weighted by atomic mass is 9.84. The number of rotatable bonds is 10. The lowest BCUT2D eigenvalue weighted by Crippen LogP contribution is -2.51. The van der Waals surface area contributed by atoms with Crippen molar-refractivity contribution < 1.29 is 19.1 Å². The van der Waals surface area contributed by atoms with Crippen LogP contribution in [0, 0.1) is 5.92 Å². The van der Waals surface area contributed by atoms with Gasteiger partial charge in [-0.3, -0.25) is 10.1 Å². The predicted molar refractivity (Wildman–Crippen MR) is 145 cm³/mol. The van der Waals surface area contributed by atoms with Gasteiger partial charge in [0, 0.05) is 12.1 Å². The maximum absolute atomic E-state index is 13.5. The number of anilines is 1. The van der Waals surface area contributed by atoms with Crippen molar-refractivity contribution in [2.24, 2.45) is 5.92 Å². The summed E-state index contributed by atoms with van der Waals surface area (Å²) in [4.78, 5) is 31.7. The van der Waals surface area contributed by atoms with E-state index in [9.17, 15) is 9.59 Å². The number of hydrogen-bond acceptors (Lipinski definition) is 7. The van der Waals surface area contributed by atoms with E-state index < -0.39 is 0 Å². The number of nitrogens with zero attached hydrogens (tertiary/aromatic N) is 2. The molecule has 0 radical (unpaired) electrons. The van der Waals surface area contributed by atoms with Crippen molar-refractivity contribution in [3.8, 4) is 5.75 Å². The van der Waals surface area contributed by atoms with Gasteiger partial charge in [-0.25, -0.2) is 9.78 Å². The minimum Gasteiger partial charge on any atom is -0.493 e. The summed E-state index contributed by atoms with van der Waals surface area (Å²) >= 11 is 2.79. The Bertz CT molecular complexity index is 957. The Morgan fingerprint density at radius 1 is 1.06 bits per heavy atom. The molecule has 1 aromatic carbocycles. The van der Waals surface area contributed by atoms with Crippen LogP contribution >= 0.6 is 23.1 Å². The van der Waals surface area contributed by atoms with Crippen molar-refractivity contribution in [3.63, 3.8) is 0 Å². The molecule has 2 amide bonds. The van der Waals surface area contributed by atoms with Gasteiger partial charge in [0.1, 0.15) is 5.75 Å². The van der Waals surface area contributed by atoms with Crippen molar-refractivity contribution in [2.45, 2.75) is 81.0 Å². The zero-order valence-corrected chi connectivity index (χ0v) is 22.7. The van der Waals surface area contributed by atoms with Crippen molar-refractivity contribution in [2.75, 3.05) is 24.3 Å². The van der Waals surface area contributed by atoms with Gasteiger partial charge in [-0.2, -0.15) is 0 Å². The highest BCUT2D eigenvalue weighted by Crippen LogP contribution is 2.34. The van der Waals surface area contributed by atoms with Gasteiger partial charge in [0.15, 0.2) is 5.13 Å². The Morgan fingerprint density at radius 2 is 1.78 bits per heavy atom. The summed E-state index contributed by atoms with van der Waals surface area (Å²) in [6.45, 7) is 2.91. The summed E-state index contributed by atoms with van der Waals surface area (Å²) in [6, 6.07) is 10.5. The van der Waals surface area contributed by atoms with E-state index in [4.69, 9.17) is 9.47 Å². The fourth-order valence-corrected chi connectivity index (χ4v) is 6.84. The molecule has 196 valence electrons. The topological polar surface area (TPSA) is 80.8 Å². The largest absolute Gasteiger partial charge is 0.493 e. The number of aromatic nitrogens is 1. The summed E-state index contributed by atoms with van der Waals surface area (Å²) in [5.41, 5.74) is 0. The van der Waals surface area contributed by atoms with E-state index in [1.807, 2.05) is 30.3 Å². The molecule has 2 fully saturated rings. The first kappa shape index (κ1) is 26.8. The quantitative estimate of drug-likeness (QED) is 0.275. The minimum absolute atomic E-state index is 0.0396. The number of urea groups is 1. The van der Waals surface area contributed by atoms with Crippen LogP contribution in [0.1, 0.15) is 64.7 Å². The Balaban J connectivity index is 1.32. The molecule has 36 heavy (non-hydrogen) atoms. The van der Waals surface area contributed by atoms with Crippen LogP contribution in [0.4, 0.5) is 9.93 Å². The molecule has 0 aliphatic heterocycles. The normalized spacial score (nSPS) is 20.5. The average Bonchev–Trinajstić information content (AvgIpc) is 3.36. The fraction of sp³-hybridized carbons (Fsp3) is 0.593. The molecule has 0 saturated heterocycles. The maximum atomic E-state index is 13.5. The Labute approximate surface area is 222 Å². The number of hydrogen-bond donors (Lipinski definition) is 1. The van der Waals surface area contributed by atoms with Gasteiger partial charge in [-0.1, -0.05) is 48.8 Å². The Morgan fingerprint density at radius 3 is 2.50 bits per heavy atom. The van der Waals surface area contributed by atoms with Crippen molar-refractivity contribution in [1.82, 2.24) is 9.88 Å². The Kier molecular flexibility index (Phi) is 10.3. The second kappa shape index (κ2) is 13.9. The molecule has 4 rings (SSSR count). The third-order valence-electron chi connectivity index (χ3n) is 6.98. The number of carbonyl (C=O) groups excluding carboxylic acids is 2. The smallest absolute Gasteiger partial charge is 0.324 e. The van der Waals surface area contributed by atoms with Gasteiger partial charge >= 0.3 is 12.0 Å². The van der Waals surface area contributed by atoms with Crippen LogP contribution in [0.25, 0.3) is 0 Å². The van der Waals surface area contributed by atoms with Crippen LogP contribution < -0.4 is 10.1 Å². The number of ether oxygens (including phenoxy) is 2. The maximum Gasteiger partial charge on any atom is 0.324 e. The Hall–Kier alpha value is -2.26. The molecule has 9 heteroatoms. The zero-order chi connectivity index (χ0) is 25.2. The molecular weight excluding hydrogens is 494 g/mol. The number of thioether (sulfide) groups is 1.